The van der Waals surface area contributed by atoms with Crippen LogP contribution < -0.4 is 4.31 Å². The van der Waals surface area contributed by atoms with Gasteiger partial charge < -0.3 is 0 Å². The van der Waals surface area contributed by atoms with E-state index in [9.17, 15) is 4.21 Å². The quantitative estimate of drug-likeness (QED) is 0.832. The maximum atomic E-state index is 11.0. The molecule has 0 saturated heterocycles. The molecule has 1 unspecified atom stereocenters. The molecule has 2 heterocycles. The number of anilines is 1. The smallest absolute Gasteiger partial charge is 0.261 e. The van der Waals surface area contributed by atoms with Crippen LogP contribution in [0.4, 0.5) is 5.69 Å². The summed E-state index contributed by atoms with van der Waals surface area (Å²) in [6.07, 6.45) is 5.04. The molecule has 0 amide bonds. The lowest BCUT2D eigenvalue weighted by atomic mass is 10.4. The Bertz CT molecular complexity index is 540. The molecule has 7 heteroatoms. The van der Waals surface area contributed by atoms with E-state index in [-0.39, 0.29) is 0 Å². The van der Waals surface area contributed by atoms with Crippen molar-refractivity contribution in [2.45, 2.75) is 6.92 Å². The minimum atomic E-state index is -2.05. The zero-order valence-corrected chi connectivity index (χ0v) is 10.3. The van der Waals surface area contributed by atoms with Crippen molar-refractivity contribution in [3.8, 4) is 5.69 Å². The molecule has 1 N–H and O–H groups in total. The van der Waals surface area contributed by atoms with E-state index in [1.54, 1.807) is 36.3 Å². The van der Waals surface area contributed by atoms with Gasteiger partial charge in [0, 0.05) is 13.2 Å². The minimum Gasteiger partial charge on any atom is -0.289 e. The van der Waals surface area contributed by atoms with Crippen LogP contribution in [0, 0.1) is 6.92 Å². The van der Waals surface area contributed by atoms with E-state index in [4.69, 9.17) is 4.55 Å². The van der Waals surface area contributed by atoms with Crippen LogP contribution in [0.2, 0.25) is 0 Å². The van der Waals surface area contributed by atoms with E-state index >= 15 is 0 Å². The summed E-state index contributed by atoms with van der Waals surface area (Å²) in [4.78, 5) is 4.00. The summed E-state index contributed by atoms with van der Waals surface area (Å²) in [5.41, 5.74) is 2.09. The number of nitrogens with zero attached hydrogens (tertiary/aromatic N) is 4. The molecule has 0 bridgehead atoms. The molecule has 1 atom stereocenters. The topological polar surface area (TPSA) is 71.2 Å². The molecule has 2 aromatic rings. The lowest BCUT2D eigenvalue weighted by Gasteiger charge is -2.11. The van der Waals surface area contributed by atoms with Crippen molar-refractivity contribution in [1.29, 1.82) is 0 Å². The monoisotopic (exact) mass is 252 g/mol. The Morgan fingerprint density at radius 3 is 2.88 bits per heavy atom. The first kappa shape index (κ1) is 11.7. The van der Waals surface area contributed by atoms with Crippen LogP contribution in [-0.2, 0) is 11.3 Å². The molecule has 0 aliphatic rings. The molecule has 0 aliphatic carbocycles. The molecule has 0 spiro atoms. The van der Waals surface area contributed by atoms with Crippen LogP contribution >= 0.6 is 0 Å². The Morgan fingerprint density at radius 2 is 2.29 bits per heavy atom. The van der Waals surface area contributed by atoms with E-state index in [1.165, 1.54) is 11.4 Å². The predicted molar refractivity (Wildman–Crippen MR) is 65.3 cm³/mol. The number of hydrogen-bond acceptors (Lipinski definition) is 3. The molecular weight excluding hydrogens is 240 g/mol. The Labute approximate surface area is 101 Å². The minimum absolute atomic E-state index is 0.606. The zero-order chi connectivity index (χ0) is 12.4. The van der Waals surface area contributed by atoms with E-state index in [2.05, 4.69) is 10.1 Å². The van der Waals surface area contributed by atoms with Crippen molar-refractivity contribution in [2.75, 3.05) is 11.4 Å². The molecule has 17 heavy (non-hydrogen) atoms. The van der Waals surface area contributed by atoms with Crippen molar-refractivity contribution < 1.29 is 8.76 Å². The van der Waals surface area contributed by atoms with Gasteiger partial charge in [-0.25, -0.2) is 8.89 Å². The fraction of sp³-hybridized carbons (Fsp3) is 0.200. The van der Waals surface area contributed by atoms with E-state index in [0.717, 1.165) is 5.69 Å². The summed E-state index contributed by atoms with van der Waals surface area (Å²) < 4.78 is 22.9. The molecule has 6 nitrogen and oxygen atoms in total. The molecule has 2 aromatic heterocycles. The fourth-order valence-electron chi connectivity index (χ4n) is 1.47. The predicted octanol–water partition coefficient (Wildman–Crippen LogP) is 1.15. The number of aromatic nitrogens is 3. The van der Waals surface area contributed by atoms with Crippen LogP contribution in [0.5, 0.6) is 0 Å². The van der Waals surface area contributed by atoms with Crippen LogP contribution in [0.3, 0.4) is 0 Å². The van der Waals surface area contributed by atoms with E-state index in [1.807, 2.05) is 6.07 Å². The largest absolute Gasteiger partial charge is 0.289 e. The summed E-state index contributed by atoms with van der Waals surface area (Å²) in [5, 5.41) is 4.27. The number of aryl methyl sites for hydroxylation is 1. The SMILES string of the molecule is Cc1nn(-c2cccnc2)cc1N(C)S(=O)O. The van der Waals surface area contributed by atoms with Gasteiger partial charge in [0.2, 0.25) is 0 Å². The standard InChI is InChI=1S/C10H12N4O2S/c1-8-10(13(2)17(15)16)7-14(12-8)9-4-3-5-11-6-9/h3-7H,1-2H3,(H,15,16). The highest BCUT2D eigenvalue weighted by atomic mass is 32.2. The van der Waals surface area contributed by atoms with Gasteiger partial charge in [0.05, 0.1) is 29.5 Å². The second-order valence-corrected chi connectivity index (χ2v) is 4.49. The van der Waals surface area contributed by atoms with Crippen LogP contribution in [0.1, 0.15) is 5.69 Å². The van der Waals surface area contributed by atoms with Crippen molar-refractivity contribution in [2.24, 2.45) is 0 Å². The Balaban J connectivity index is 2.41. The molecule has 0 saturated carbocycles. The van der Waals surface area contributed by atoms with Gasteiger partial charge in [0.25, 0.3) is 11.3 Å². The highest BCUT2D eigenvalue weighted by molar-refractivity contribution is 7.80. The van der Waals surface area contributed by atoms with Crippen LogP contribution in [-0.4, -0.2) is 30.6 Å². The number of hydrogen-bond donors (Lipinski definition) is 1. The summed E-state index contributed by atoms with van der Waals surface area (Å²) >= 11 is -2.05. The Kier molecular flexibility index (Phi) is 3.21. The first-order valence-corrected chi connectivity index (χ1v) is 5.97. The summed E-state index contributed by atoms with van der Waals surface area (Å²) in [6, 6.07) is 3.67. The Hall–Kier alpha value is -1.73. The summed E-state index contributed by atoms with van der Waals surface area (Å²) in [7, 11) is 1.54. The number of rotatable bonds is 3. The van der Waals surface area contributed by atoms with Crippen LogP contribution in [0.15, 0.2) is 30.7 Å². The van der Waals surface area contributed by atoms with Gasteiger partial charge in [-0.05, 0) is 19.1 Å². The zero-order valence-electron chi connectivity index (χ0n) is 9.44. The average molecular weight is 252 g/mol. The van der Waals surface area contributed by atoms with Gasteiger partial charge >= 0.3 is 0 Å². The normalized spacial score (nSPS) is 12.4. The van der Waals surface area contributed by atoms with Gasteiger partial charge in [0.1, 0.15) is 0 Å². The summed E-state index contributed by atoms with van der Waals surface area (Å²) in [6.45, 7) is 1.78. The third-order valence-corrected chi connectivity index (χ3v) is 3.02. The van der Waals surface area contributed by atoms with Gasteiger partial charge in [0.15, 0.2) is 0 Å². The fourth-order valence-corrected chi connectivity index (χ4v) is 1.81. The highest BCUT2D eigenvalue weighted by Gasteiger charge is 2.13. The van der Waals surface area contributed by atoms with E-state index < -0.39 is 11.3 Å². The maximum absolute atomic E-state index is 11.0. The first-order valence-electron chi connectivity index (χ1n) is 4.91. The lowest BCUT2D eigenvalue weighted by molar-refractivity contribution is 0.562. The van der Waals surface area contributed by atoms with Crippen molar-refractivity contribution >= 4 is 17.0 Å². The second-order valence-electron chi connectivity index (χ2n) is 3.48. The second kappa shape index (κ2) is 4.64. The van der Waals surface area contributed by atoms with Gasteiger partial charge in [-0.1, -0.05) is 0 Å². The van der Waals surface area contributed by atoms with Gasteiger partial charge in [-0.2, -0.15) is 5.10 Å². The summed E-state index contributed by atoms with van der Waals surface area (Å²) in [5.74, 6) is 0. The third-order valence-electron chi connectivity index (χ3n) is 2.36. The molecule has 0 fully saturated rings. The molecule has 0 aromatic carbocycles. The lowest BCUT2D eigenvalue weighted by Crippen LogP contribution is -2.19. The average Bonchev–Trinajstić information content (AvgIpc) is 2.71. The van der Waals surface area contributed by atoms with Crippen molar-refractivity contribution in [3.05, 3.63) is 36.4 Å². The molecule has 2 rings (SSSR count). The first-order chi connectivity index (χ1) is 8.09. The van der Waals surface area contributed by atoms with E-state index in [0.29, 0.717) is 11.4 Å². The molecule has 0 aliphatic heterocycles. The van der Waals surface area contributed by atoms with Crippen LogP contribution in [0.25, 0.3) is 5.69 Å². The number of pyridine rings is 1. The maximum Gasteiger partial charge on any atom is 0.261 e. The molecular formula is C10H12N4O2S. The van der Waals surface area contributed by atoms with Crippen molar-refractivity contribution in [1.82, 2.24) is 14.8 Å². The van der Waals surface area contributed by atoms with Gasteiger partial charge in [-0.15, -0.1) is 0 Å². The van der Waals surface area contributed by atoms with Gasteiger partial charge in [-0.3, -0.25) is 13.8 Å². The van der Waals surface area contributed by atoms with Crippen molar-refractivity contribution in [3.63, 3.8) is 0 Å². The Morgan fingerprint density at radius 1 is 1.53 bits per heavy atom. The third kappa shape index (κ3) is 2.34. The molecule has 90 valence electrons. The molecule has 0 radical (unpaired) electrons. The highest BCUT2D eigenvalue weighted by Crippen LogP contribution is 2.20.